The first-order valence-corrected chi connectivity index (χ1v) is 8.55. The Balaban J connectivity index is 1.89. The minimum atomic E-state index is 0.528. The third kappa shape index (κ3) is 4.30. The minimum Gasteiger partial charge on any atom is -0.495 e. The maximum atomic E-state index is 5.42. The molecular formula is C21H24N4O. The first-order chi connectivity index (χ1) is 12.4. The van der Waals surface area contributed by atoms with E-state index in [0.29, 0.717) is 5.95 Å². The van der Waals surface area contributed by atoms with Gasteiger partial charge in [-0.05, 0) is 68.7 Å². The van der Waals surface area contributed by atoms with Crippen molar-refractivity contribution >= 4 is 23.1 Å². The molecule has 5 heteroatoms. The van der Waals surface area contributed by atoms with Gasteiger partial charge in [-0.25, -0.2) is 4.98 Å². The van der Waals surface area contributed by atoms with Crippen molar-refractivity contribution in [2.24, 2.45) is 0 Å². The molecule has 1 aromatic heterocycles. The van der Waals surface area contributed by atoms with Gasteiger partial charge in [0, 0.05) is 17.4 Å². The van der Waals surface area contributed by atoms with Gasteiger partial charge in [0.15, 0.2) is 0 Å². The predicted octanol–water partition coefficient (Wildman–Crippen LogP) is 5.21. The summed E-state index contributed by atoms with van der Waals surface area (Å²) in [6.45, 7) is 8.16. The highest BCUT2D eigenvalue weighted by atomic mass is 16.5. The smallest absolute Gasteiger partial charge is 0.229 e. The molecule has 1 heterocycles. The van der Waals surface area contributed by atoms with Crippen LogP contribution in [0.3, 0.4) is 0 Å². The molecule has 134 valence electrons. The molecule has 26 heavy (non-hydrogen) atoms. The van der Waals surface area contributed by atoms with Crippen molar-refractivity contribution in [3.05, 3.63) is 64.8 Å². The quantitative estimate of drug-likeness (QED) is 0.663. The molecule has 0 saturated carbocycles. The average molecular weight is 348 g/mol. The third-order valence-electron chi connectivity index (χ3n) is 3.95. The molecule has 0 unspecified atom stereocenters. The summed E-state index contributed by atoms with van der Waals surface area (Å²) in [5, 5.41) is 6.64. The Labute approximate surface area is 154 Å². The van der Waals surface area contributed by atoms with E-state index in [9.17, 15) is 0 Å². The van der Waals surface area contributed by atoms with E-state index in [0.717, 1.165) is 34.2 Å². The van der Waals surface area contributed by atoms with E-state index in [-0.39, 0.29) is 0 Å². The molecule has 0 bridgehead atoms. The topological polar surface area (TPSA) is 59.1 Å². The lowest BCUT2D eigenvalue weighted by Crippen LogP contribution is -2.03. The highest BCUT2D eigenvalue weighted by Crippen LogP contribution is 2.28. The number of anilines is 4. The first kappa shape index (κ1) is 17.7. The van der Waals surface area contributed by atoms with Crippen LogP contribution in [0.25, 0.3) is 0 Å². The predicted molar refractivity (Wildman–Crippen MR) is 107 cm³/mol. The lowest BCUT2D eigenvalue weighted by molar-refractivity contribution is 0.416. The molecule has 2 N–H and O–H groups in total. The van der Waals surface area contributed by atoms with Crippen LogP contribution < -0.4 is 15.4 Å². The van der Waals surface area contributed by atoms with Gasteiger partial charge in [-0.2, -0.15) is 4.98 Å². The summed E-state index contributed by atoms with van der Waals surface area (Å²) in [4.78, 5) is 9.09. The van der Waals surface area contributed by atoms with E-state index in [1.165, 1.54) is 11.1 Å². The summed E-state index contributed by atoms with van der Waals surface area (Å²) >= 11 is 0. The van der Waals surface area contributed by atoms with Gasteiger partial charge in [0.05, 0.1) is 12.8 Å². The van der Waals surface area contributed by atoms with Crippen molar-refractivity contribution in [2.75, 3.05) is 17.7 Å². The van der Waals surface area contributed by atoms with Gasteiger partial charge in [-0.15, -0.1) is 0 Å². The Bertz CT molecular complexity index is 917. The number of nitrogens with one attached hydrogen (secondary N) is 2. The second-order valence-corrected chi connectivity index (χ2v) is 6.55. The van der Waals surface area contributed by atoms with Crippen molar-refractivity contribution in [1.82, 2.24) is 9.97 Å². The SMILES string of the molecule is COc1ccc(C)cc1Nc1nc(C)cc(Nc2cc(C)cc(C)c2)n1. The fraction of sp³-hybridized carbons (Fsp3) is 0.238. The molecule has 0 amide bonds. The number of methoxy groups -OCH3 is 1. The molecule has 3 rings (SSSR count). The molecule has 5 nitrogen and oxygen atoms in total. The Morgan fingerprint density at radius 2 is 1.50 bits per heavy atom. The van der Waals surface area contributed by atoms with Crippen LogP contribution in [0.1, 0.15) is 22.4 Å². The number of ether oxygens (including phenoxy) is 1. The van der Waals surface area contributed by atoms with Crippen LogP contribution in [-0.4, -0.2) is 17.1 Å². The lowest BCUT2D eigenvalue weighted by atomic mass is 10.1. The molecule has 0 aliphatic rings. The zero-order valence-corrected chi connectivity index (χ0v) is 15.8. The van der Waals surface area contributed by atoms with Gasteiger partial charge in [0.2, 0.25) is 5.95 Å². The fourth-order valence-corrected chi connectivity index (χ4v) is 2.92. The maximum Gasteiger partial charge on any atom is 0.229 e. The molecule has 0 radical (unpaired) electrons. The summed E-state index contributed by atoms with van der Waals surface area (Å²) in [7, 11) is 1.65. The molecule has 0 aliphatic heterocycles. The summed E-state index contributed by atoms with van der Waals surface area (Å²) in [6.07, 6.45) is 0. The van der Waals surface area contributed by atoms with E-state index in [2.05, 4.69) is 52.6 Å². The largest absolute Gasteiger partial charge is 0.495 e. The van der Waals surface area contributed by atoms with Crippen LogP contribution in [-0.2, 0) is 0 Å². The Kier molecular flexibility index (Phi) is 5.07. The van der Waals surface area contributed by atoms with E-state index < -0.39 is 0 Å². The molecule has 3 aromatic rings. The highest BCUT2D eigenvalue weighted by molar-refractivity contribution is 5.65. The van der Waals surface area contributed by atoms with Gasteiger partial charge in [-0.3, -0.25) is 0 Å². The highest BCUT2D eigenvalue weighted by Gasteiger charge is 2.08. The fourth-order valence-electron chi connectivity index (χ4n) is 2.92. The number of benzene rings is 2. The van der Waals surface area contributed by atoms with Crippen molar-refractivity contribution in [3.63, 3.8) is 0 Å². The number of nitrogens with zero attached hydrogens (tertiary/aromatic N) is 2. The van der Waals surface area contributed by atoms with Gasteiger partial charge in [0.25, 0.3) is 0 Å². The zero-order chi connectivity index (χ0) is 18.7. The summed E-state index contributed by atoms with van der Waals surface area (Å²) in [5.41, 5.74) is 6.29. The first-order valence-electron chi connectivity index (χ1n) is 8.55. The normalized spacial score (nSPS) is 10.5. The van der Waals surface area contributed by atoms with Crippen LogP contribution in [0.5, 0.6) is 5.75 Å². The Morgan fingerprint density at radius 3 is 2.19 bits per heavy atom. The molecule has 2 aromatic carbocycles. The number of aryl methyl sites for hydroxylation is 4. The second-order valence-electron chi connectivity index (χ2n) is 6.55. The van der Waals surface area contributed by atoms with Crippen LogP contribution in [0.15, 0.2) is 42.5 Å². The van der Waals surface area contributed by atoms with E-state index >= 15 is 0 Å². The number of hydrogen-bond acceptors (Lipinski definition) is 5. The minimum absolute atomic E-state index is 0.528. The summed E-state index contributed by atoms with van der Waals surface area (Å²) in [6, 6.07) is 14.2. The van der Waals surface area contributed by atoms with E-state index in [1.807, 2.05) is 38.1 Å². The maximum absolute atomic E-state index is 5.42. The average Bonchev–Trinajstić information content (AvgIpc) is 2.53. The van der Waals surface area contributed by atoms with Crippen LogP contribution >= 0.6 is 0 Å². The van der Waals surface area contributed by atoms with Gasteiger partial charge < -0.3 is 15.4 Å². The number of hydrogen-bond donors (Lipinski definition) is 2. The van der Waals surface area contributed by atoms with Crippen LogP contribution in [0.4, 0.5) is 23.1 Å². The lowest BCUT2D eigenvalue weighted by Gasteiger charge is -2.13. The molecule has 0 spiro atoms. The number of rotatable bonds is 5. The third-order valence-corrected chi connectivity index (χ3v) is 3.95. The monoisotopic (exact) mass is 348 g/mol. The zero-order valence-electron chi connectivity index (χ0n) is 15.8. The molecule has 0 fully saturated rings. The van der Waals surface area contributed by atoms with E-state index in [4.69, 9.17) is 4.74 Å². The van der Waals surface area contributed by atoms with Gasteiger partial charge >= 0.3 is 0 Å². The summed E-state index contributed by atoms with van der Waals surface area (Å²) in [5.74, 6) is 2.03. The van der Waals surface area contributed by atoms with Gasteiger partial charge in [-0.1, -0.05) is 12.1 Å². The van der Waals surface area contributed by atoms with Crippen molar-refractivity contribution in [1.29, 1.82) is 0 Å². The molecule has 0 aliphatic carbocycles. The van der Waals surface area contributed by atoms with Crippen molar-refractivity contribution < 1.29 is 4.74 Å². The van der Waals surface area contributed by atoms with Crippen molar-refractivity contribution in [2.45, 2.75) is 27.7 Å². The second kappa shape index (κ2) is 7.44. The molecular weight excluding hydrogens is 324 g/mol. The summed E-state index contributed by atoms with van der Waals surface area (Å²) < 4.78 is 5.42. The van der Waals surface area contributed by atoms with Gasteiger partial charge in [0.1, 0.15) is 11.6 Å². The van der Waals surface area contributed by atoms with Crippen LogP contribution in [0, 0.1) is 27.7 Å². The Morgan fingerprint density at radius 1 is 0.769 bits per heavy atom. The number of aromatic nitrogens is 2. The van der Waals surface area contributed by atoms with E-state index in [1.54, 1.807) is 7.11 Å². The standard InChI is InChI=1S/C21H24N4O/c1-13-6-7-19(26-5)18(11-13)24-21-22-16(4)12-20(25-21)23-17-9-14(2)8-15(3)10-17/h6-12H,1-5H3,(H2,22,23,24,25). The van der Waals surface area contributed by atoms with Crippen molar-refractivity contribution in [3.8, 4) is 5.75 Å². The van der Waals surface area contributed by atoms with Crippen LogP contribution in [0.2, 0.25) is 0 Å². The molecule has 0 atom stereocenters. The molecule has 0 saturated heterocycles. The Hall–Kier alpha value is -3.08.